The predicted octanol–water partition coefficient (Wildman–Crippen LogP) is 1.13. The van der Waals surface area contributed by atoms with Crippen LogP contribution in [-0.2, 0) is 10.0 Å². The molecule has 1 aromatic carbocycles. The standard InChI is InChI=1S/C12H19N3O4S/c1-10-9-11(15(16)17)5-6-12(10)20(18,19)14(3)8-4-7-13-2/h5-6,9,13H,4,7-8H2,1-3H3. The van der Waals surface area contributed by atoms with Gasteiger partial charge in [0.2, 0.25) is 10.0 Å². The van der Waals surface area contributed by atoms with Crippen molar-refractivity contribution < 1.29 is 13.3 Å². The van der Waals surface area contributed by atoms with E-state index in [4.69, 9.17) is 0 Å². The van der Waals surface area contributed by atoms with Gasteiger partial charge in [0, 0.05) is 25.7 Å². The van der Waals surface area contributed by atoms with Gasteiger partial charge in [-0.2, -0.15) is 0 Å². The van der Waals surface area contributed by atoms with Crippen molar-refractivity contribution in [3.05, 3.63) is 33.9 Å². The number of aryl methyl sites for hydroxylation is 1. The highest BCUT2D eigenvalue weighted by Gasteiger charge is 2.23. The van der Waals surface area contributed by atoms with Crippen molar-refractivity contribution >= 4 is 15.7 Å². The van der Waals surface area contributed by atoms with Gasteiger partial charge in [0.15, 0.2) is 0 Å². The van der Waals surface area contributed by atoms with Crippen LogP contribution in [0, 0.1) is 17.0 Å². The maximum absolute atomic E-state index is 12.4. The van der Waals surface area contributed by atoms with Crippen LogP contribution >= 0.6 is 0 Å². The van der Waals surface area contributed by atoms with E-state index in [2.05, 4.69) is 5.32 Å². The van der Waals surface area contributed by atoms with Crippen molar-refractivity contribution in [2.75, 3.05) is 27.2 Å². The quantitative estimate of drug-likeness (QED) is 0.463. The Morgan fingerprint density at radius 3 is 2.55 bits per heavy atom. The zero-order chi connectivity index (χ0) is 15.3. The fourth-order valence-corrected chi connectivity index (χ4v) is 3.21. The number of benzene rings is 1. The summed E-state index contributed by atoms with van der Waals surface area (Å²) in [7, 11) is -0.303. The summed E-state index contributed by atoms with van der Waals surface area (Å²) in [5, 5.41) is 13.6. The van der Waals surface area contributed by atoms with Crippen molar-refractivity contribution in [2.45, 2.75) is 18.2 Å². The first-order valence-corrected chi connectivity index (χ1v) is 7.60. The van der Waals surface area contributed by atoms with Gasteiger partial charge < -0.3 is 5.32 Å². The van der Waals surface area contributed by atoms with Crippen LogP contribution < -0.4 is 5.32 Å². The molecule has 1 aromatic rings. The Labute approximate surface area is 118 Å². The number of rotatable bonds is 7. The first-order valence-electron chi connectivity index (χ1n) is 6.16. The molecular formula is C12H19N3O4S. The number of hydrogen-bond donors (Lipinski definition) is 1. The third kappa shape index (κ3) is 3.75. The van der Waals surface area contributed by atoms with E-state index in [9.17, 15) is 18.5 Å². The van der Waals surface area contributed by atoms with Crippen LogP contribution in [0.2, 0.25) is 0 Å². The number of hydrogen-bond acceptors (Lipinski definition) is 5. The smallest absolute Gasteiger partial charge is 0.269 e. The van der Waals surface area contributed by atoms with Gasteiger partial charge >= 0.3 is 0 Å². The Kier molecular flexibility index (Phi) is 5.61. The minimum absolute atomic E-state index is 0.107. The number of nitro benzene ring substituents is 1. The minimum atomic E-state index is -3.61. The van der Waals surface area contributed by atoms with Gasteiger partial charge in [0.1, 0.15) is 0 Å². The number of nitrogens with zero attached hydrogens (tertiary/aromatic N) is 2. The first kappa shape index (κ1) is 16.5. The molecule has 0 atom stereocenters. The molecule has 0 aliphatic rings. The SMILES string of the molecule is CNCCCN(C)S(=O)(=O)c1ccc([N+](=O)[O-])cc1C. The number of nitrogens with one attached hydrogen (secondary N) is 1. The molecule has 7 nitrogen and oxygen atoms in total. The summed E-state index contributed by atoms with van der Waals surface area (Å²) >= 11 is 0. The van der Waals surface area contributed by atoms with Crippen LogP contribution in [0.1, 0.15) is 12.0 Å². The molecule has 112 valence electrons. The van der Waals surface area contributed by atoms with Crippen LogP contribution in [0.15, 0.2) is 23.1 Å². The molecule has 20 heavy (non-hydrogen) atoms. The second kappa shape index (κ2) is 6.78. The lowest BCUT2D eigenvalue weighted by Crippen LogP contribution is -2.30. The van der Waals surface area contributed by atoms with E-state index in [0.717, 1.165) is 6.54 Å². The number of non-ortho nitro benzene ring substituents is 1. The number of nitro groups is 1. The van der Waals surface area contributed by atoms with Crippen molar-refractivity contribution in [3.8, 4) is 0 Å². The Morgan fingerprint density at radius 2 is 2.05 bits per heavy atom. The normalized spacial score (nSPS) is 11.8. The average molecular weight is 301 g/mol. The highest BCUT2D eigenvalue weighted by Crippen LogP contribution is 2.23. The van der Waals surface area contributed by atoms with Gasteiger partial charge in [-0.05, 0) is 38.6 Å². The Bertz CT molecular complexity index is 586. The summed E-state index contributed by atoms with van der Waals surface area (Å²) in [6.45, 7) is 2.67. The Morgan fingerprint density at radius 1 is 1.40 bits per heavy atom. The summed E-state index contributed by atoms with van der Waals surface area (Å²) < 4.78 is 26.0. The third-order valence-corrected chi connectivity index (χ3v) is 4.97. The van der Waals surface area contributed by atoms with Crippen LogP contribution in [0.25, 0.3) is 0 Å². The summed E-state index contributed by atoms with van der Waals surface area (Å²) in [4.78, 5) is 10.2. The average Bonchev–Trinajstić information content (AvgIpc) is 2.38. The van der Waals surface area contributed by atoms with Crippen molar-refractivity contribution in [3.63, 3.8) is 0 Å². The van der Waals surface area contributed by atoms with Gasteiger partial charge in [-0.1, -0.05) is 0 Å². The Balaban J connectivity index is 3.00. The molecule has 0 aliphatic heterocycles. The van der Waals surface area contributed by atoms with E-state index in [0.29, 0.717) is 18.5 Å². The van der Waals surface area contributed by atoms with E-state index in [1.807, 2.05) is 0 Å². The molecule has 0 saturated heterocycles. The largest absolute Gasteiger partial charge is 0.320 e. The highest BCUT2D eigenvalue weighted by molar-refractivity contribution is 7.89. The summed E-state index contributed by atoms with van der Waals surface area (Å²) in [5.41, 5.74) is 0.263. The van der Waals surface area contributed by atoms with Crippen molar-refractivity contribution in [1.82, 2.24) is 9.62 Å². The van der Waals surface area contributed by atoms with E-state index >= 15 is 0 Å². The van der Waals surface area contributed by atoms with E-state index in [-0.39, 0.29) is 10.6 Å². The molecule has 0 aliphatic carbocycles. The summed E-state index contributed by atoms with van der Waals surface area (Å²) in [5.74, 6) is 0. The van der Waals surface area contributed by atoms with Crippen molar-refractivity contribution in [1.29, 1.82) is 0 Å². The highest BCUT2D eigenvalue weighted by atomic mass is 32.2. The lowest BCUT2D eigenvalue weighted by atomic mass is 10.2. The maximum atomic E-state index is 12.4. The fourth-order valence-electron chi connectivity index (χ4n) is 1.80. The van der Waals surface area contributed by atoms with E-state index in [1.54, 1.807) is 14.0 Å². The molecule has 0 amide bonds. The minimum Gasteiger partial charge on any atom is -0.320 e. The molecule has 0 fully saturated rings. The van der Waals surface area contributed by atoms with Gasteiger partial charge in [-0.25, -0.2) is 12.7 Å². The van der Waals surface area contributed by atoms with E-state index < -0.39 is 14.9 Å². The van der Waals surface area contributed by atoms with Crippen LogP contribution in [0.5, 0.6) is 0 Å². The molecule has 0 radical (unpaired) electrons. The lowest BCUT2D eigenvalue weighted by Gasteiger charge is -2.18. The lowest BCUT2D eigenvalue weighted by molar-refractivity contribution is -0.385. The zero-order valence-electron chi connectivity index (χ0n) is 11.8. The fraction of sp³-hybridized carbons (Fsp3) is 0.500. The zero-order valence-corrected chi connectivity index (χ0v) is 12.6. The van der Waals surface area contributed by atoms with Gasteiger partial charge in [0.25, 0.3) is 5.69 Å². The van der Waals surface area contributed by atoms with Gasteiger partial charge in [0.05, 0.1) is 9.82 Å². The molecule has 8 heteroatoms. The maximum Gasteiger partial charge on any atom is 0.269 e. The summed E-state index contributed by atoms with van der Waals surface area (Å²) in [6, 6.07) is 3.77. The van der Waals surface area contributed by atoms with Gasteiger partial charge in [-0.3, -0.25) is 10.1 Å². The second-order valence-corrected chi connectivity index (χ2v) is 6.50. The van der Waals surface area contributed by atoms with Crippen LogP contribution in [0.4, 0.5) is 5.69 Å². The molecule has 0 bridgehead atoms. The second-order valence-electron chi connectivity index (χ2n) is 4.49. The topological polar surface area (TPSA) is 92.6 Å². The first-order chi connectivity index (χ1) is 9.30. The van der Waals surface area contributed by atoms with Crippen LogP contribution in [-0.4, -0.2) is 44.8 Å². The Hall–Kier alpha value is -1.51. The molecule has 0 spiro atoms. The molecule has 0 aromatic heterocycles. The monoisotopic (exact) mass is 301 g/mol. The van der Waals surface area contributed by atoms with Crippen LogP contribution in [0.3, 0.4) is 0 Å². The molecular weight excluding hydrogens is 282 g/mol. The molecule has 0 saturated carbocycles. The van der Waals surface area contributed by atoms with Crippen molar-refractivity contribution in [2.24, 2.45) is 0 Å². The van der Waals surface area contributed by atoms with Gasteiger partial charge in [-0.15, -0.1) is 0 Å². The third-order valence-electron chi connectivity index (χ3n) is 2.96. The predicted molar refractivity (Wildman–Crippen MR) is 76.2 cm³/mol. The van der Waals surface area contributed by atoms with E-state index in [1.165, 1.54) is 29.6 Å². The number of sulfonamides is 1. The molecule has 1 N–H and O–H groups in total. The molecule has 0 unspecified atom stereocenters. The summed E-state index contributed by atoms with van der Waals surface area (Å²) in [6.07, 6.45) is 0.693. The molecule has 1 rings (SSSR count). The molecule has 0 heterocycles.